The molecule has 0 bridgehead atoms. The zero-order chi connectivity index (χ0) is 24.9. The molecule has 2 aromatic carbocycles. The van der Waals surface area contributed by atoms with Crippen LogP contribution in [0.25, 0.3) is 5.69 Å². The van der Waals surface area contributed by atoms with E-state index in [1.165, 1.54) is 35.0 Å². The van der Waals surface area contributed by atoms with Crippen molar-refractivity contribution in [2.75, 3.05) is 6.61 Å². The van der Waals surface area contributed by atoms with E-state index in [9.17, 15) is 24.2 Å². The summed E-state index contributed by atoms with van der Waals surface area (Å²) in [7, 11) is 0. The third kappa shape index (κ3) is 6.41. The Morgan fingerprint density at radius 3 is 2.35 bits per heavy atom. The second-order valence-electron chi connectivity index (χ2n) is 8.98. The van der Waals surface area contributed by atoms with Gasteiger partial charge in [0.1, 0.15) is 12.4 Å². The fourth-order valence-corrected chi connectivity index (χ4v) is 3.10. The lowest BCUT2D eigenvalue weighted by molar-refractivity contribution is -0.137. The van der Waals surface area contributed by atoms with E-state index < -0.39 is 35.3 Å². The molecule has 1 heterocycles. The molecule has 0 aliphatic rings. The molecule has 1 amide bonds. The number of carboxylic acids is 1. The summed E-state index contributed by atoms with van der Waals surface area (Å²) in [6.07, 6.45) is -1.10. The van der Waals surface area contributed by atoms with Gasteiger partial charge in [-0.3, -0.25) is 9.59 Å². The van der Waals surface area contributed by atoms with Gasteiger partial charge in [-0.05, 0) is 35.2 Å². The summed E-state index contributed by atoms with van der Waals surface area (Å²) < 4.78 is 20.5. The van der Waals surface area contributed by atoms with Gasteiger partial charge in [0.15, 0.2) is 5.69 Å². The third-order valence-electron chi connectivity index (χ3n) is 5.26. The molecular weight excluding hydrogens is 441 g/mol. The van der Waals surface area contributed by atoms with E-state index in [1.807, 2.05) is 20.8 Å². The number of nitrogens with zero attached hydrogens (tertiary/aromatic N) is 2. The maximum Gasteiger partial charge on any atom is 0.305 e. The predicted octanol–water partition coefficient (Wildman–Crippen LogP) is 3.74. The highest BCUT2D eigenvalue weighted by atomic mass is 19.1. The predicted molar refractivity (Wildman–Crippen MR) is 123 cm³/mol. The lowest BCUT2D eigenvalue weighted by Gasteiger charge is -2.25. The second kappa shape index (κ2) is 10.5. The minimum absolute atomic E-state index is 0.0177. The number of carboxylic acid groups (broad SMARTS) is 1. The topological polar surface area (TPSA) is 114 Å². The van der Waals surface area contributed by atoms with Gasteiger partial charge >= 0.3 is 5.97 Å². The number of rotatable bonds is 9. The van der Waals surface area contributed by atoms with Crippen molar-refractivity contribution in [3.63, 3.8) is 0 Å². The van der Waals surface area contributed by atoms with E-state index in [0.717, 1.165) is 0 Å². The molecule has 8 nitrogen and oxygen atoms in total. The first-order valence-corrected chi connectivity index (χ1v) is 10.8. The molecule has 34 heavy (non-hydrogen) atoms. The van der Waals surface area contributed by atoms with Crippen LogP contribution in [0, 0.1) is 11.2 Å². The van der Waals surface area contributed by atoms with E-state index in [-0.39, 0.29) is 24.6 Å². The number of aliphatic hydroxyl groups is 1. The van der Waals surface area contributed by atoms with Gasteiger partial charge in [-0.15, -0.1) is 0 Å². The zero-order valence-corrected chi connectivity index (χ0v) is 19.2. The highest BCUT2D eigenvalue weighted by molar-refractivity contribution is 5.93. The quantitative estimate of drug-likeness (QED) is 0.440. The summed E-state index contributed by atoms with van der Waals surface area (Å²) in [5.74, 6) is -1.92. The highest BCUT2D eigenvalue weighted by Gasteiger charge is 2.25. The smallest absolute Gasteiger partial charge is 0.305 e. The van der Waals surface area contributed by atoms with E-state index >= 15 is 0 Å². The van der Waals surface area contributed by atoms with Crippen LogP contribution in [0.15, 0.2) is 60.7 Å². The van der Waals surface area contributed by atoms with Crippen LogP contribution in [-0.4, -0.2) is 44.6 Å². The lowest BCUT2D eigenvalue weighted by atomic mass is 9.90. The van der Waals surface area contributed by atoms with Gasteiger partial charge in [0.05, 0.1) is 24.3 Å². The largest absolute Gasteiger partial charge is 0.481 e. The number of aromatic nitrogens is 2. The summed E-state index contributed by atoms with van der Waals surface area (Å²) >= 11 is 0. The van der Waals surface area contributed by atoms with E-state index in [0.29, 0.717) is 11.3 Å². The Kier molecular flexibility index (Phi) is 7.68. The molecule has 3 rings (SSSR count). The monoisotopic (exact) mass is 469 g/mol. The van der Waals surface area contributed by atoms with Crippen LogP contribution in [0.5, 0.6) is 5.88 Å². The van der Waals surface area contributed by atoms with Crippen molar-refractivity contribution in [2.24, 2.45) is 5.41 Å². The van der Waals surface area contributed by atoms with E-state index in [1.54, 1.807) is 30.3 Å². The summed E-state index contributed by atoms with van der Waals surface area (Å²) in [5.41, 5.74) is 0.642. The molecule has 0 aliphatic carbocycles. The van der Waals surface area contributed by atoms with Crippen LogP contribution >= 0.6 is 0 Å². The number of benzene rings is 2. The Balaban J connectivity index is 1.89. The number of aliphatic hydroxyl groups excluding tert-OH is 1. The van der Waals surface area contributed by atoms with Gasteiger partial charge in [0, 0.05) is 6.07 Å². The Hall–Kier alpha value is -3.72. The molecule has 0 radical (unpaired) electrons. The van der Waals surface area contributed by atoms with Crippen molar-refractivity contribution in [1.29, 1.82) is 0 Å². The zero-order valence-electron chi connectivity index (χ0n) is 19.2. The van der Waals surface area contributed by atoms with Crippen LogP contribution < -0.4 is 10.1 Å². The third-order valence-corrected chi connectivity index (χ3v) is 5.26. The number of amides is 1. The normalized spacial score (nSPS) is 13.2. The summed E-state index contributed by atoms with van der Waals surface area (Å²) in [4.78, 5) is 24.4. The molecule has 1 aromatic heterocycles. The molecular formula is C25H28FN3O5. The maximum atomic E-state index is 13.4. The maximum absolute atomic E-state index is 13.4. The molecule has 0 unspecified atom stereocenters. The molecule has 2 atom stereocenters. The first-order valence-electron chi connectivity index (χ1n) is 10.8. The second-order valence-corrected chi connectivity index (χ2v) is 8.98. The first-order chi connectivity index (χ1) is 16.0. The molecule has 0 fully saturated rings. The number of halogens is 1. The summed E-state index contributed by atoms with van der Waals surface area (Å²) in [6, 6.07) is 14.9. The lowest BCUT2D eigenvalue weighted by Crippen LogP contribution is -2.32. The molecule has 3 N–H and O–H groups in total. The van der Waals surface area contributed by atoms with E-state index in [2.05, 4.69) is 10.4 Å². The van der Waals surface area contributed by atoms with Gasteiger partial charge in [-0.1, -0.05) is 51.1 Å². The van der Waals surface area contributed by atoms with Crippen LogP contribution in [0.2, 0.25) is 0 Å². The average Bonchev–Trinajstić information content (AvgIpc) is 3.21. The number of ether oxygens (including phenoxy) is 1. The first kappa shape index (κ1) is 24.9. The van der Waals surface area contributed by atoms with Crippen molar-refractivity contribution in [2.45, 2.75) is 39.3 Å². The standard InChI is InChI=1S/C25H28FN3O5/c1-25(2,3)21(30)15-34-22-13-20(28-29(22)18-11-9-17(26)10-12-18)24(33)27-19(14-23(31)32)16-7-5-4-6-8-16/h4-13,19,21,30H,14-15H2,1-3H3,(H,27,33)(H,31,32)/t19-,21-/m0/s1. The Morgan fingerprint density at radius 2 is 1.76 bits per heavy atom. The van der Waals surface area contributed by atoms with Crippen LogP contribution in [0.3, 0.4) is 0 Å². The van der Waals surface area contributed by atoms with E-state index in [4.69, 9.17) is 4.74 Å². The fraction of sp³-hybridized carbons (Fsp3) is 0.320. The van der Waals surface area contributed by atoms with Gasteiger partial charge in [-0.25, -0.2) is 9.07 Å². The van der Waals surface area contributed by atoms with Gasteiger partial charge in [0.25, 0.3) is 5.91 Å². The Morgan fingerprint density at radius 1 is 1.12 bits per heavy atom. The number of carbonyl (C=O) groups is 2. The number of nitrogens with one attached hydrogen (secondary N) is 1. The van der Waals surface area contributed by atoms with Crippen molar-refractivity contribution in [3.8, 4) is 11.6 Å². The summed E-state index contributed by atoms with van der Waals surface area (Å²) in [6.45, 7) is 5.54. The number of aliphatic carboxylic acids is 1. The summed E-state index contributed by atoms with van der Waals surface area (Å²) in [5, 5.41) is 26.7. The van der Waals surface area contributed by atoms with Crippen molar-refractivity contribution in [3.05, 3.63) is 77.7 Å². The molecule has 0 aliphatic heterocycles. The van der Waals surface area contributed by atoms with Gasteiger partial charge in [0.2, 0.25) is 5.88 Å². The minimum atomic E-state index is -1.06. The fourth-order valence-electron chi connectivity index (χ4n) is 3.10. The van der Waals surface area contributed by atoms with Crippen molar-refractivity contribution < 1.29 is 28.9 Å². The molecule has 3 aromatic rings. The molecule has 0 spiro atoms. The SMILES string of the molecule is CC(C)(C)[C@@H](O)COc1cc(C(=O)N[C@@H](CC(=O)O)c2ccccc2)nn1-c1ccc(F)cc1. The molecule has 0 saturated carbocycles. The Bertz CT molecular complexity index is 1120. The van der Waals surface area contributed by atoms with Crippen molar-refractivity contribution >= 4 is 11.9 Å². The Labute approximate surface area is 197 Å². The van der Waals surface area contributed by atoms with Crippen LogP contribution in [0.4, 0.5) is 4.39 Å². The number of carbonyl (C=O) groups excluding carboxylic acids is 1. The number of hydrogen-bond donors (Lipinski definition) is 3. The highest BCUT2D eigenvalue weighted by Crippen LogP contribution is 2.24. The number of hydrogen-bond acceptors (Lipinski definition) is 5. The molecule has 180 valence electrons. The van der Waals surface area contributed by atoms with Crippen molar-refractivity contribution in [1.82, 2.24) is 15.1 Å². The van der Waals surface area contributed by atoms with Crippen LogP contribution in [0.1, 0.15) is 49.3 Å². The molecule has 0 saturated heterocycles. The molecule has 9 heteroatoms. The van der Waals surface area contributed by atoms with Gasteiger partial charge in [-0.2, -0.15) is 5.10 Å². The van der Waals surface area contributed by atoms with Crippen LogP contribution in [-0.2, 0) is 4.79 Å². The average molecular weight is 470 g/mol. The van der Waals surface area contributed by atoms with Gasteiger partial charge < -0.3 is 20.3 Å². The minimum Gasteiger partial charge on any atom is -0.481 e.